The van der Waals surface area contributed by atoms with Crippen LogP contribution in [0.5, 0.6) is 0 Å². The molecule has 0 bridgehead atoms. The predicted molar refractivity (Wildman–Crippen MR) is 49.5 cm³/mol. The van der Waals surface area contributed by atoms with Crippen molar-refractivity contribution in [3.05, 3.63) is 0 Å². The second-order valence-corrected chi connectivity index (χ2v) is 2.55. The molecule has 13 heavy (non-hydrogen) atoms. The second kappa shape index (κ2) is 12.1. The molecule has 76 valence electrons. The third-order valence-corrected chi connectivity index (χ3v) is 0.357. The van der Waals surface area contributed by atoms with Crippen LogP contribution in [0, 0.1) is 0 Å². The Morgan fingerprint density at radius 3 is 1.38 bits per heavy atom. The Morgan fingerprint density at radius 1 is 1.31 bits per heavy atom. The number of aliphatic carboxylic acids is 1. The van der Waals surface area contributed by atoms with Gasteiger partial charge in [0.2, 0.25) is 0 Å². The minimum atomic E-state index is -4.64. The van der Waals surface area contributed by atoms with Crippen molar-refractivity contribution in [3.8, 4) is 0 Å². The average molecular weight is 272 g/mol. The molecular formula is C3H13Ca2O7P. The third-order valence-electron chi connectivity index (χ3n) is 0.357. The van der Waals surface area contributed by atoms with E-state index in [9.17, 15) is 4.79 Å². The van der Waals surface area contributed by atoms with Gasteiger partial charge >= 0.3 is 89.3 Å². The monoisotopic (exact) mass is 272 g/mol. The summed E-state index contributed by atoms with van der Waals surface area (Å²) >= 11 is 0. The van der Waals surface area contributed by atoms with Crippen LogP contribution < -0.4 is 0 Å². The largest absolute Gasteiger partial charge is 2.00 e. The minimum absolute atomic E-state index is 0. The first-order valence-electron chi connectivity index (χ1n) is 2.33. The van der Waals surface area contributed by atoms with Crippen LogP contribution in [0.4, 0.5) is 0 Å². The molecule has 0 fully saturated rings. The van der Waals surface area contributed by atoms with Gasteiger partial charge in [-0.15, -0.1) is 0 Å². The molecule has 0 heterocycles. The quantitative estimate of drug-likeness (QED) is 0.281. The van der Waals surface area contributed by atoms with Crippen molar-refractivity contribution in [1.29, 1.82) is 0 Å². The summed E-state index contributed by atoms with van der Waals surface area (Å²) in [7, 11) is -4.64. The fourth-order valence-electron chi connectivity index (χ4n) is 0. The maximum absolute atomic E-state index is 9.45. The summed E-state index contributed by atoms with van der Waals surface area (Å²) in [6.45, 7) is 1.20. The van der Waals surface area contributed by atoms with Gasteiger partial charge in [0, 0.05) is 0 Å². The normalized spacial score (nSPS) is 10.8. The van der Waals surface area contributed by atoms with Crippen molar-refractivity contribution < 1.29 is 40.0 Å². The van der Waals surface area contributed by atoms with Crippen LogP contribution in [-0.4, -0.2) is 112 Å². The molecule has 0 aromatic heterocycles. The van der Waals surface area contributed by atoms with Crippen molar-refractivity contribution in [3.63, 3.8) is 0 Å². The zero-order valence-electron chi connectivity index (χ0n) is 11.0. The zero-order chi connectivity index (χ0) is 9.65. The van der Waals surface area contributed by atoms with E-state index < -0.39 is 19.9 Å². The number of carbonyl (C=O) groups is 1. The van der Waals surface area contributed by atoms with Gasteiger partial charge in [-0.1, -0.05) is 0 Å². The summed E-state index contributed by atoms with van der Waals surface area (Å²) in [6, 6.07) is 0. The van der Waals surface area contributed by atoms with Crippen molar-refractivity contribution in [1.82, 2.24) is 0 Å². The molecule has 0 rings (SSSR count). The second-order valence-electron chi connectivity index (χ2n) is 1.53. The molecule has 7 nitrogen and oxygen atoms in total. The molecule has 5 N–H and O–H groups in total. The van der Waals surface area contributed by atoms with E-state index in [-0.39, 0.29) is 81.2 Å². The van der Waals surface area contributed by atoms with E-state index >= 15 is 0 Å². The van der Waals surface area contributed by atoms with Crippen molar-refractivity contribution >= 4 is 89.3 Å². The summed E-state index contributed by atoms with van der Waals surface area (Å²) in [5, 5.41) is 15.8. The number of hydrogen-bond acceptors (Lipinski definition) is 3. The Hall–Kier alpha value is 2.06. The van der Waals surface area contributed by atoms with Gasteiger partial charge < -0.3 is 30.6 Å². The fourth-order valence-corrected chi connectivity index (χ4v) is 0. The summed E-state index contributed by atoms with van der Waals surface area (Å²) in [6.07, 6.45) is -1.23. The van der Waals surface area contributed by atoms with E-state index in [1.165, 1.54) is 6.92 Å². The van der Waals surface area contributed by atoms with Crippen LogP contribution in [0.25, 0.3) is 0 Å². The van der Waals surface area contributed by atoms with Crippen LogP contribution in [0.1, 0.15) is 12.6 Å². The van der Waals surface area contributed by atoms with Gasteiger partial charge in [-0.2, -0.15) is 0 Å². The van der Waals surface area contributed by atoms with E-state index in [1.807, 2.05) is 0 Å². The van der Waals surface area contributed by atoms with Gasteiger partial charge in [0.25, 0.3) is 0 Å². The van der Waals surface area contributed by atoms with Crippen LogP contribution in [0.2, 0.25) is 0 Å². The number of carboxylic acids is 1. The first-order valence-corrected chi connectivity index (χ1v) is 3.90. The fraction of sp³-hybridized carbons (Fsp3) is 0.667. The summed E-state index contributed by atoms with van der Waals surface area (Å²) in [5.41, 5.74) is 0. The topological polar surface area (TPSA) is 135 Å². The van der Waals surface area contributed by atoms with E-state index in [0.29, 0.717) is 0 Å². The molecule has 0 aromatic rings. The van der Waals surface area contributed by atoms with Crippen LogP contribution in [-0.2, 0) is 9.36 Å². The maximum atomic E-state index is 9.45. The number of rotatable bonds is 1. The molecule has 0 aliphatic heterocycles. The van der Waals surface area contributed by atoms with Gasteiger partial charge in [-0.05, 0) is 6.92 Å². The minimum Gasteiger partial charge on any atom is -1.00 e. The van der Waals surface area contributed by atoms with Crippen molar-refractivity contribution in [2.24, 2.45) is 0 Å². The number of aliphatic hydroxyl groups is 1. The van der Waals surface area contributed by atoms with E-state index in [4.69, 9.17) is 29.5 Å². The van der Waals surface area contributed by atoms with Crippen LogP contribution in [0.15, 0.2) is 0 Å². The molecule has 0 amide bonds. The Kier molecular flexibility index (Phi) is 22.7. The smallest absolute Gasteiger partial charge is 1.00 e. The maximum Gasteiger partial charge on any atom is 2.00 e. The number of carboxylic acid groups (broad SMARTS) is 1. The molecule has 0 aromatic carbocycles. The molecule has 0 aliphatic carbocycles. The predicted octanol–water partition coefficient (Wildman–Crippen LogP) is -1.79. The average Bonchev–Trinajstić information content (AvgIpc) is 1.59. The standard InChI is InChI=1S/C3H6O3.2Ca.H3O4P.4H/c1-2(4)3(5)6;;;1-5(2,3)4;;;;/h2,4H,1H3,(H,5,6);;;(H3,1,2,3,4);;;;/q;2*+2;;4*-1. The number of phosphoric acid groups is 1. The summed E-state index contributed by atoms with van der Waals surface area (Å²) < 4.78 is 8.88. The van der Waals surface area contributed by atoms with Gasteiger partial charge in [0.05, 0.1) is 0 Å². The van der Waals surface area contributed by atoms with Gasteiger partial charge in [-0.25, -0.2) is 9.36 Å². The molecule has 1 unspecified atom stereocenters. The molecule has 10 heteroatoms. The Bertz CT molecular complexity index is 170. The summed E-state index contributed by atoms with van der Waals surface area (Å²) in [5.74, 6) is -1.19. The van der Waals surface area contributed by atoms with E-state index in [0.717, 1.165) is 0 Å². The molecule has 0 aliphatic rings. The number of aliphatic hydroxyl groups excluding tert-OH is 1. The Balaban J connectivity index is -0.0000000118. The van der Waals surface area contributed by atoms with Gasteiger partial charge in [0.15, 0.2) is 0 Å². The van der Waals surface area contributed by atoms with Crippen LogP contribution >= 0.6 is 7.82 Å². The zero-order valence-corrected chi connectivity index (χ0v) is 12.3. The first kappa shape index (κ1) is 24.3. The van der Waals surface area contributed by atoms with Crippen molar-refractivity contribution in [2.75, 3.05) is 0 Å². The van der Waals surface area contributed by atoms with Gasteiger partial charge in [-0.3, -0.25) is 0 Å². The summed E-state index contributed by atoms with van der Waals surface area (Å²) in [4.78, 5) is 31.0. The SMILES string of the molecule is CC(O)C(=O)O.O=P(O)(O)O.[Ca+2].[Ca+2].[H-].[H-].[H-].[H-]. The first-order chi connectivity index (χ1) is 4.64. The van der Waals surface area contributed by atoms with Crippen LogP contribution in [0.3, 0.4) is 0 Å². The molecule has 0 saturated heterocycles. The molecule has 0 saturated carbocycles. The van der Waals surface area contributed by atoms with Gasteiger partial charge in [0.1, 0.15) is 6.10 Å². The Labute approximate surface area is 140 Å². The van der Waals surface area contributed by atoms with E-state index in [1.54, 1.807) is 0 Å². The van der Waals surface area contributed by atoms with E-state index in [2.05, 4.69) is 0 Å². The molecule has 0 radical (unpaired) electrons. The third kappa shape index (κ3) is 55.7. The molecular weight excluding hydrogens is 259 g/mol. The molecule has 1 atom stereocenters. The molecule has 0 spiro atoms. The van der Waals surface area contributed by atoms with Crippen molar-refractivity contribution in [2.45, 2.75) is 13.0 Å². The Morgan fingerprint density at radius 2 is 1.38 bits per heavy atom. The number of hydrogen-bond donors (Lipinski definition) is 5.